The number of anilines is 1. The van der Waals surface area contributed by atoms with Crippen LogP contribution in [0.4, 0.5) is 5.69 Å². The molecular formula is C18H21NO4S. The first-order chi connectivity index (χ1) is 11.3. The molecule has 0 saturated carbocycles. The van der Waals surface area contributed by atoms with E-state index in [0.29, 0.717) is 11.7 Å². The molecule has 0 aliphatic heterocycles. The second-order valence-electron chi connectivity index (χ2n) is 5.86. The Morgan fingerprint density at radius 2 is 1.79 bits per heavy atom. The van der Waals surface area contributed by atoms with Gasteiger partial charge in [-0.05, 0) is 47.9 Å². The summed E-state index contributed by atoms with van der Waals surface area (Å²) in [5, 5.41) is 2.78. The lowest BCUT2D eigenvalue weighted by atomic mass is 10.0. The number of ether oxygens (including phenoxy) is 1. The molecule has 5 nitrogen and oxygen atoms in total. The van der Waals surface area contributed by atoms with Crippen molar-refractivity contribution in [3.63, 3.8) is 0 Å². The zero-order valence-corrected chi connectivity index (χ0v) is 14.8. The normalized spacial score (nSPS) is 11.3. The smallest absolute Gasteiger partial charge is 0.262 e. The molecule has 1 N–H and O–H groups in total. The Hall–Kier alpha value is -2.34. The third-order valence-electron chi connectivity index (χ3n) is 3.46. The molecule has 2 aromatic rings. The van der Waals surface area contributed by atoms with Gasteiger partial charge in [0.15, 0.2) is 16.4 Å². The molecule has 0 atom stereocenters. The number of benzene rings is 2. The van der Waals surface area contributed by atoms with E-state index in [9.17, 15) is 13.2 Å². The van der Waals surface area contributed by atoms with E-state index in [1.165, 1.54) is 24.3 Å². The van der Waals surface area contributed by atoms with Gasteiger partial charge < -0.3 is 10.1 Å². The molecule has 0 aliphatic carbocycles. The highest BCUT2D eigenvalue weighted by Gasteiger charge is 2.08. The number of hydrogen-bond acceptors (Lipinski definition) is 4. The van der Waals surface area contributed by atoms with Crippen molar-refractivity contribution in [2.24, 2.45) is 0 Å². The highest BCUT2D eigenvalue weighted by atomic mass is 32.2. The predicted molar refractivity (Wildman–Crippen MR) is 94.2 cm³/mol. The molecule has 0 aromatic heterocycles. The highest BCUT2D eigenvalue weighted by Crippen LogP contribution is 2.19. The van der Waals surface area contributed by atoms with Gasteiger partial charge in [-0.25, -0.2) is 8.42 Å². The summed E-state index contributed by atoms with van der Waals surface area (Å²) < 4.78 is 28.1. The quantitative estimate of drug-likeness (QED) is 0.871. The van der Waals surface area contributed by atoms with Crippen molar-refractivity contribution in [2.75, 3.05) is 18.2 Å². The summed E-state index contributed by atoms with van der Waals surface area (Å²) in [4.78, 5) is 12.2. The minimum absolute atomic E-state index is 0.149. The van der Waals surface area contributed by atoms with Crippen LogP contribution in [0, 0.1) is 0 Å². The van der Waals surface area contributed by atoms with Gasteiger partial charge in [0, 0.05) is 11.9 Å². The van der Waals surface area contributed by atoms with E-state index < -0.39 is 9.84 Å². The van der Waals surface area contributed by atoms with Crippen molar-refractivity contribution in [3.8, 4) is 5.75 Å². The van der Waals surface area contributed by atoms with Crippen LogP contribution in [0.3, 0.4) is 0 Å². The first-order valence-corrected chi connectivity index (χ1v) is 9.47. The summed E-state index contributed by atoms with van der Waals surface area (Å²) in [5.41, 5.74) is 1.87. The lowest BCUT2D eigenvalue weighted by Gasteiger charge is -2.10. The largest absolute Gasteiger partial charge is 0.484 e. The fourth-order valence-corrected chi connectivity index (χ4v) is 2.74. The molecule has 2 aromatic carbocycles. The van der Waals surface area contributed by atoms with E-state index >= 15 is 0 Å². The standard InChI is InChI=1S/C18H21NO4S/c1-13(2)14-5-4-6-15(11-14)19-18(20)12-23-16-7-9-17(10-8-16)24(3,21)22/h4-11,13H,12H2,1-3H3,(H,19,20). The van der Waals surface area contributed by atoms with Crippen molar-refractivity contribution in [1.29, 1.82) is 0 Å². The van der Waals surface area contributed by atoms with Gasteiger partial charge in [0.1, 0.15) is 5.75 Å². The number of amides is 1. The molecule has 128 valence electrons. The van der Waals surface area contributed by atoms with Gasteiger partial charge in [-0.2, -0.15) is 0 Å². The highest BCUT2D eigenvalue weighted by molar-refractivity contribution is 7.90. The van der Waals surface area contributed by atoms with Crippen molar-refractivity contribution in [2.45, 2.75) is 24.7 Å². The van der Waals surface area contributed by atoms with Crippen LogP contribution in [0.25, 0.3) is 0 Å². The van der Waals surface area contributed by atoms with Crippen molar-refractivity contribution >= 4 is 21.4 Å². The van der Waals surface area contributed by atoms with Crippen LogP contribution in [0.5, 0.6) is 5.75 Å². The topological polar surface area (TPSA) is 72.5 Å². The molecule has 0 unspecified atom stereocenters. The Morgan fingerprint density at radius 3 is 2.38 bits per heavy atom. The van der Waals surface area contributed by atoms with E-state index in [2.05, 4.69) is 19.2 Å². The van der Waals surface area contributed by atoms with Gasteiger partial charge in [0.05, 0.1) is 4.90 Å². The fraction of sp³-hybridized carbons (Fsp3) is 0.278. The van der Waals surface area contributed by atoms with Gasteiger partial charge in [-0.15, -0.1) is 0 Å². The fourth-order valence-electron chi connectivity index (χ4n) is 2.10. The number of hydrogen-bond donors (Lipinski definition) is 1. The van der Waals surface area contributed by atoms with E-state index in [-0.39, 0.29) is 17.4 Å². The van der Waals surface area contributed by atoms with Crippen molar-refractivity contribution in [3.05, 3.63) is 54.1 Å². The Labute approximate surface area is 142 Å². The Morgan fingerprint density at radius 1 is 1.12 bits per heavy atom. The van der Waals surface area contributed by atoms with E-state index in [0.717, 1.165) is 17.5 Å². The molecule has 0 aliphatic rings. The lowest BCUT2D eigenvalue weighted by Crippen LogP contribution is -2.20. The molecular weight excluding hydrogens is 326 g/mol. The van der Waals surface area contributed by atoms with Gasteiger partial charge in [-0.1, -0.05) is 26.0 Å². The second-order valence-corrected chi connectivity index (χ2v) is 7.88. The van der Waals surface area contributed by atoms with Gasteiger partial charge in [-0.3, -0.25) is 4.79 Å². The van der Waals surface area contributed by atoms with Gasteiger partial charge in [0.2, 0.25) is 0 Å². The zero-order chi connectivity index (χ0) is 17.7. The number of carbonyl (C=O) groups is 1. The first kappa shape index (κ1) is 18.0. The summed E-state index contributed by atoms with van der Waals surface area (Å²) in [6.07, 6.45) is 1.14. The number of nitrogens with one attached hydrogen (secondary N) is 1. The molecule has 0 saturated heterocycles. The van der Waals surface area contributed by atoms with Crippen LogP contribution < -0.4 is 10.1 Å². The van der Waals surface area contributed by atoms with Crippen molar-refractivity contribution in [1.82, 2.24) is 0 Å². The third kappa shape index (κ3) is 5.09. The zero-order valence-electron chi connectivity index (χ0n) is 13.9. The van der Waals surface area contributed by atoms with Crippen LogP contribution in [-0.2, 0) is 14.6 Å². The van der Waals surface area contributed by atoms with Crippen LogP contribution in [0.1, 0.15) is 25.3 Å². The number of rotatable bonds is 6. The Kier molecular flexibility index (Phi) is 5.62. The van der Waals surface area contributed by atoms with E-state index in [1.807, 2.05) is 24.3 Å². The molecule has 0 bridgehead atoms. The van der Waals surface area contributed by atoms with Crippen LogP contribution in [0.2, 0.25) is 0 Å². The molecule has 2 rings (SSSR count). The van der Waals surface area contributed by atoms with Crippen molar-refractivity contribution < 1.29 is 17.9 Å². The minimum atomic E-state index is -3.24. The SMILES string of the molecule is CC(C)c1cccc(NC(=O)COc2ccc(S(C)(=O)=O)cc2)c1. The van der Waals surface area contributed by atoms with Crippen LogP contribution in [-0.4, -0.2) is 27.2 Å². The minimum Gasteiger partial charge on any atom is -0.484 e. The summed E-state index contributed by atoms with van der Waals surface area (Å²) in [6, 6.07) is 13.6. The summed E-state index contributed by atoms with van der Waals surface area (Å²) in [5.74, 6) is 0.544. The maximum absolute atomic E-state index is 12.0. The maximum atomic E-state index is 12.0. The van der Waals surface area contributed by atoms with Crippen LogP contribution in [0.15, 0.2) is 53.4 Å². The van der Waals surface area contributed by atoms with Crippen LogP contribution >= 0.6 is 0 Å². The maximum Gasteiger partial charge on any atom is 0.262 e. The molecule has 0 spiro atoms. The van der Waals surface area contributed by atoms with Gasteiger partial charge in [0.25, 0.3) is 5.91 Å². The third-order valence-corrected chi connectivity index (χ3v) is 4.59. The Balaban J connectivity index is 1.92. The molecule has 0 heterocycles. The van der Waals surface area contributed by atoms with E-state index in [4.69, 9.17) is 4.74 Å². The lowest BCUT2D eigenvalue weighted by molar-refractivity contribution is -0.118. The Bertz CT molecular complexity index is 811. The predicted octanol–water partition coefficient (Wildman–Crippen LogP) is 3.23. The summed E-state index contributed by atoms with van der Waals surface area (Å²) in [6.45, 7) is 4.03. The summed E-state index contributed by atoms with van der Waals surface area (Å²) in [7, 11) is -3.24. The second kappa shape index (κ2) is 7.49. The monoisotopic (exact) mass is 347 g/mol. The number of carbonyl (C=O) groups excluding carboxylic acids is 1. The molecule has 0 fully saturated rings. The molecule has 1 amide bonds. The molecule has 6 heteroatoms. The van der Waals surface area contributed by atoms with E-state index in [1.54, 1.807) is 0 Å². The molecule has 0 radical (unpaired) electrons. The molecule has 24 heavy (non-hydrogen) atoms. The first-order valence-electron chi connectivity index (χ1n) is 7.58. The number of sulfone groups is 1. The summed E-state index contributed by atoms with van der Waals surface area (Å²) >= 11 is 0. The average Bonchev–Trinajstić information content (AvgIpc) is 2.53. The average molecular weight is 347 g/mol. The van der Waals surface area contributed by atoms with Gasteiger partial charge >= 0.3 is 0 Å².